The van der Waals surface area contributed by atoms with E-state index in [0.717, 1.165) is 0 Å². The molecule has 0 aromatic rings. The summed E-state index contributed by atoms with van der Waals surface area (Å²) in [5.74, 6) is -1.73. The molecule has 4 aliphatic rings. The highest BCUT2D eigenvalue weighted by Gasteiger charge is 2.74. The molecular formula is C22H29FO5. The van der Waals surface area contributed by atoms with Crippen molar-refractivity contribution in [2.24, 2.45) is 28.6 Å². The van der Waals surface area contributed by atoms with E-state index in [1.54, 1.807) is 19.9 Å². The normalized spacial score (nSPS) is 52.5. The van der Waals surface area contributed by atoms with E-state index in [2.05, 4.69) is 0 Å². The molecule has 0 heterocycles. The third kappa shape index (κ3) is 2.06. The molecule has 8 atom stereocenters. The average molecular weight is 392 g/mol. The maximum absolute atomic E-state index is 16.9. The molecule has 0 spiro atoms. The Morgan fingerprint density at radius 3 is 2.64 bits per heavy atom. The monoisotopic (exact) mass is 392 g/mol. The van der Waals surface area contributed by atoms with Crippen LogP contribution in [0.3, 0.4) is 0 Å². The molecular weight excluding hydrogens is 363 g/mol. The van der Waals surface area contributed by atoms with E-state index < -0.39 is 46.5 Å². The summed E-state index contributed by atoms with van der Waals surface area (Å²) < 4.78 is 16.9. The highest BCUT2D eigenvalue weighted by molar-refractivity contribution is 6.01. The van der Waals surface area contributed by atoms with Gasteiger partial charge in [0.25, 0.3) is 0 Å². The fourth-order valence-corrected chi connectivity index (χ4v) is 7.19. The second kappa shape index (κ2) is 5.83. The number of aliphatic hydroxyl groups excluding tert-OH is 2. The first-order chi connectivity index (χ1) is 13.0. The van der Waals surface area contributed by atoms with E-state index in [0.29, 0.717) is 18.4 Å². The minimum Gasteiger partial charge on any atom is -0.390 e. The average Bonchev–Trinajstić information content (AvgIpc) is 2.91. The fourth-order valence-electron chi connectivity index (χ4n) is 7.19. The van der Waals surface area contributed by atoms with Gasteiger partial charge in [-0.1, -0.05) is 25.5 Å². The molecule has 0 unspecified atom stereocenters. The molecule has 3 saturated carbocycles. The number of rotatable bonds is 2. The number of Topliss-reactive ketones (excluding diaryl/α,β-unsaturated/α-hetero) is 1. The Kier molecular flexibility index (Phi) is 4.15. The first-order valence-electron chi connectivity index (χ1n) is 10.1. The number of ketones is 2. The SMILES string of the molecule is C[C@H]1C[C@H]2[C@H]3CC[C@](O)(C(=O)CO)[C@@]3(C)C[C@H](O)[C@]2(F)[C@@]2(C)C=CC(=O)C=C12. The van der Waals surface area contributed by atoms with Gasteiger partial charge in [-0.25, -0.2) is 4.39 Å². The molecule has 0 aliphatic heterocycles. The molecule has 28 heavy (non-hydrogen) atoms. The third-order valence-corrected chi connectivity index (χ3v) is 8.73. The first kappa shape index (κ1) is 19.9. The van der Waals surface area contributed by atoms with E-state index in [1.807, 2.05) is 6.92 Å². The Labute approximate surface area is 164 Å². The Morgan fingerprint density at radius 1 is 1.32 bits per heavy atom. The van der Waals surface area contributed by atoms with Crippen LogP contribution < -0.4 is 0 Å². The quantitative estimate of drug-likeness (QED) is 0.667. The van der Waals surface area contributed by atoms with E-state index in [1.165, 1.54) is 12.2 Å². The lowest BCUT2D eigenvalue weighted by Crippen LogP contribution is -2.69. The Hall–Kier alpha value is -1.37. The highest BCUT2D eigenvalue weighted by Crippen LogP contribution is 2.70. The topological polar surface area (TPSA) is 94.8 Å². The zero-order valence-electron chi connectivity index (χ0n) is 16.6. The van der Waals surface area contributed by atoms with Crippen LogP contribution in [0.25, 0.3) is 0 Å². The number of aliphatic hydroxyl groups is 3. The predicted octanol–water partition coefficient (Wildman–Crippen LogP) is 1.90. The van der Waals surface area contributed by atoms with Crippen LogP contribution in [-0.4, -0.2) is 50.9 Å². The minimum atomic E-state index is -1.99. The summed E-state index contributed by atoms with van der Waals surface area (Å²) in [7, 11) is 0. The summed E-state index contributed by atoms with van der Waals surface area (Å²) in [4.78, 5) is 24.3. The largest absolute Gasteiger partial charge is 0.390 e. The van der Waals surface area contributed by atoms with Gasteiger partial charge in [0.15, 0.2) is 17.2 Å². The number of carbonyl (C=O) groups excluding carboxylic acids is 2. The Balaban J connectivity index is 1.84. The number of alkyl halides is 1. The molecule has 4 aliphatic carbocycles. The summed E-state index contributed by atoms with van der Waals surface area (Å²) in [6, 6.07) is 0. The molecule has 5 nitrogen and oxygen atoms in total. The van der Waals surface area contributed by atoms with Crippen molar-refractivity contribution in [1.82, 2.24) is 0 Å². The van der Waals surface area contributed by atoms with E-state index in [9.17, 15) is 24.9 Å². The second-order valence-electron chi connectivity index (χ2n) is 9.77. The van der Waals surface area contributed by atoms with Crippen LogP contribution in [0.1, 0.15) is 46.5 Å². The zero-order valence-corrected chi connectivity index (χ0v) is 16.6. The van der Waals surface area contributed by atoms with Gasteiger partial charge in [-0.05, 0) is 56.6 Å². The molecule has 0 bridgehead atoms. The maximum atomic E-state index is 16.9. The lowest BCUT2D eigenvalue weighted by molar-refractivity contribution is -0.221. The second-order valence-corrected chi connectivity index (χ2v) is 9.77. The summed E-state index contributed by atoms with van der Waals surface area (Å²) in [5, 5.41) is 31.7. The summed E-state index contributed by atoms with van der Waals surface area (Å²) in [5.41, 5.74) is -5.14. The van der Waals surface area contributed by atoms with Crippen LogP contribution in [0.5, 0.6) is 0 Å². The molecule has 0 aromatic heterocycles. The van der Waals surface area contributed by atoms with Gasteiger partial charge in [-0.2, -0.15) is 0 Å². The molecule has 0 radical (unpaired) electrons. The number of carbonyl (C=O) groups is 2. The number of hydrogen-bond donors (Lipinski definition) is 3. The Bertz CT molecular complexity index is 805. The fraction of sp³-hybridized carbons (Fsp3) is 0.727. The van der Waals surface area contributed by atoms with E-state index >= 15 is 4.39 Å². The molecule has 3 N–H and O–H groups in total. The number of fused-ring (bicyclic) bond motifs is 5. The van der Waals surface area contributed by atoms with Crippen LogP contribution in [0, 0.1) is 28.6 Å². The van der Waals surface area contributed by atoms with Gasteiger partial charge in [0.1, 0.15) is 12.2 Å². The molecule has 4 rings (SSSR count). The van der Waals surface area contributed by atoms with Gasteiger partial charge >= 0.3 is 0 Å². The van der Waals surface area contributed by atoms with E-state index in [-0.39, 0.29) is 30.5 Å². The van der Waals surface area contributed by atoms with Crippen LogP contribution >= 0.6 is 0 Å². The molecule has 154 valence electrons. The molecule has 0 saturated heterocycles. The predicted molar refractivity (Wildman–Crippen MR) is 99.9 cm³/mol. The number of hydrogen-bond acceptors (Lipinski definition) is 5. The van der Waals surface area contributed by atoms with Crippen LogP contribution in [0.4, 0.5) is 4.39 Å². The van der Waals surface area contributed by atoms with Gasteiger partial charge in [-0.15, -0.1) is 0 Å². The third-order valence-electron chi connectivity index (χ3n) is 8.73. The van der Waals surface area contributed by atoms with Gasteiger partial charge in [0, 0.05) is 16.7 Å². The van der Waals surface area contributed by atoms with Gasteiger partial charge in [0.05, 0.1) is 6.10 Å². The van der Waals surface area contributed by atoms with Crippen molar-refractivity contribution >= 4 is 11.6 Å². The molecule has 0 amide bonds. The smallest absolute Gasteiger partial charge is 0.190 e. The summed E-state index contributed by atoms with van der Waals surface area (Å²) in [6.45, 7) is 4.69. The van der Waals surface area contributed by atoms with Crippen LogP contribution in [0.2, 0.25) is 0 Å². The first-order valence-corrected chi connectivity index (χ1v) is 10.1. The van der Waals surface area contributed by atoms with Crippen molar-refractivity contribution in [2.45, 2.75) is 63.8 Å². The van der Waals surface area contributed by atoms with Crippen molar-refractivity contribution in [2.75, 3.05) is 6.61 Å². The van der Waals surface area contributed by atoms with Crippen molar-refractivity contribution in [1.29, 1.82) is 0 Å². The van der Waals surface area contributed by atoms with Crippen molar-refractivity contribution < 1.29 is 29.3 Å². The maximum Gasteiger partial charge on any atom is 0.190 e. The lowest BCUT2D eigenvalue weighted by Gasteiger charge is -2.63. The van der Waals surface area contributed by atoms with Crippen LogP contribution in [-0.2, 0) is 9.59 Å². The summed E-state index contributed by atoms with van der Waals surface area (Å²) in [6.07, 6.45) is 4.09. The highest BCUT2D eigenvalue weighted by atomic mass is 19.1. The number of allylic oxidation sites excluding steroid dienone is 4. The van der Waals surface area contributed by atoms with Gasteiger partial charge in [0.2, 0.25) is 0 Å². The van der Waals surface area contributed by atoms with Crippen molar-refractivity contribution in [3.8, 4) is 0 Å². The number of halogens is 1. The van der Waals surface area contributed by atoms with Crippen molar-refractivity contribution in [3.05, 3.63) is 23.8 Å². The minimum absolute atomic E-state index is 0.0513. The lowest BCUT2D eigenvalue weighted by atomic mass is 9.43. The standard InChI is InChI=1S/C22H29FO5/c1-12-8-16-14-5-7-21(28,18(27)11-24)20(14,3)10-17(26)22(16,23)19(2)6-4-13(25)9-15(12)19/h4,6,9,12,14,16-17,24,26,28H,5,7-8,10-11H2,1-3H3/t12-,14+,16-,17-,19-,20-,21-,22-/m0/s1. The van der Waals surface area contributed by atoms with Gasteiger partial charge < -0.3 is 15.3 Å². The summed E-state index contributed by atoms with van der Waals surface area (Å²) >= 11 is 0. The van der Waals surface area contributed by atoms with Crippen molar-refractivity contribution in [3.63, 3.8) is 0 Å². The Morgan fingerprint density at radius 2 is 2.00 bits per heavy atom. The zero-order chi connectivity index (χ0) is 20.7. The molecule has 3 fully saturated rings. The molecule has 0 aromatic carbocycles. The van der Waals surface area contributed by atoms with E-state index in [4.69, 9.17) is 0 Å². The van der Waals surface area contributed by atoms with Crippen LogP contribution in [0.15, 0.2) is 23.8 Å². The molecule has 6 heteroatoms. The van der Waals surface area contributed by atoms with Gasteiger partial charge in [-0.3, -0.25) is 9.59 Å².